The lowest BCUT2D eigenvalue weighted by Gasteiger charge is -2.11. The number of rotatable bonds is 5. The van der Waals surface area contributed by atoms with Crippen molar-refractivity contribution in [2.45, 2.75) is 6.37 Å². The van der Waals surface area contributed by atoms with Crippen LogP contribution in [0.3, 0.4) is 0 Å². The Labute approximate surface area is 135 Å². The van der Waals surface area contributed by atoms with E-state index < -0.39 is 13.2 Å². The third-order valence-corrected chi connectivity index (χ3v) is 3.27. The van der Waals surface area contributed by atoms with Gasteiger partial charge in [-0.2, -0.15) is 0 Å². The predicted octanol–water partition coefficient (Wildman–Crippen LogP) is 4.63. The van der Waals surface area contributed by atoms with Gasteiger partial charge in [0, 0.05) is 37.8 Å². The number of ether oxygens (including phenoxy) is 1. The lowest BCUT2D eigenvalue weighted by molar-refractivity contribution is 0.192. The Bertz CT molecular complexity index is 840. The zero-order valence-electron chi connectivity index (χ0n) is 13.5. The summed E-state index contributed by atoms with van der Waals surface area (Å²) in [6.45, 7) is -1.00. The number of hydrogen-bond acceptors (Lipinski definition) is 2. The first-order valence-electron chi connectivity index (χ1n) is 7.62. The van der Waals surface area contributed by atoms with E-state index >= 15 is 0 Å². The van der Waals surface area contributed by atoms with Crippen molar-refractivity contribution in [2.24, 2.45) is 0 Å². The normalized spacial score (nSPS) is 12.6. The van der Waals surface area contributed by atoms with Gasteiger partial charge >= 0.3 is 0 Å². The Balaban J connectivity index is 2.13. The Morgan fingerprint density at radius 3 is 2.91 bits per heavy atom. The fourth-order valence-corrected chi connectivity index (χ4v) is 2.27. The number of aromatic amines is 1. The molecular formula is C17H14ClFN2O. The molecule has 1 N–H and O–H groups in total. The van der Waals surface area contributed by atoms with Crippen molar-refractivity contribution in [1.82, 2.24) is 9.97 Å². The molecule has 0 fully saturated rings. The van der Waals surface area contributed by atoms with E-state index in [9.17, 15) is 4.39 Å². The van der Waals surface area contributed by atoms with E-state index in [1.165, 1.54) is 12.1 Å². The summed E-state index contributed by atoms with van der Waals surface area (Å²) in [6.07, 6.45) is 1.42. The molecule has 5 heteroatoms. The van der Waals surface area contributed by atoms with Crippen LogP contribution in [0.1, 0.15) is 14.0 Å². The monoisotopic (exact) mass is 318 g/mol. The van der Waals surface area contributed by atoms with Crippen molar-refractivity contribution in [3.05, 3.63) is 71.1 Å². The maximum absolute atomic E-state index is 12.7. The molecule has 22 heavy (non-hydrogen) atoms. The second-order valence-electron chi connectivity index (χ2n) is 4.53. The molecule has 0 unspecified atom stereocenters. The van der Waals surface area contributed by atoms with E-state index in [-0.39, 0.29) is 11.4 Å². The van der Waals surface area contributed by atoms with Crippen molar-refractivity contribution in [1.29, 1.82) is 0 Å². The summed E-state index contributed by atoms with van der Waals surface area (Å²) < 4.78 is 34.3. The maximum atomic E-state index is 12.7. The lowest BCUT2D eigenvalue weighted by Crippen LogP contribution is -1.99. The summed E-state index contributed by atoms with van der Waals surface area (Å²) in [5.41, 5.74) is 1.61. The molecule has 0 saturated heterocycles. The molecule has 1 aromatic carbocycles. The van der Waals surface area contributed by atoms with E-state index in [0.29, 0.717) is 21.8 Å². The van der Waals surface area contributed by atoms with E-state index in [0.717, 1.165) is 0 Å². The summed E-state index contributed by atoms with van der Waals surface area (Å²) in [5.74, 6) is 0.230. The molecule has 3 aromatic rings. The van der Waals surface area contributed by atoms with Gasteiger partial charge in [0.1, 0.15) is 11.4 Å². The highest BCUT2D eigenvalue weighted by Crippen LogP contribution is 2.30. The zero-order valence-corrected chi connectivity index (χ0v) is 12.3. The van der Waals surface area contributed by atoms with E-state index in [1.54, 1.807) is 42.7 Å². The number of nitrogens with zero attached hydrogens (tertiary/aromatic N) is 1. The van der Waals surface area contributed by atoms with Gasteiger partial charge < -0.3 is 9.72 Å². The minimum Gasteiger partial charge on any atom is -0.461 e. The standard InChI is InChI=1S/C17H14ClFN2O/c18-14-3-1-2-13(9-14)17-16(22-11-19)5-4-15(21-17)8-12-6-7-20-10-12/h1-7,9-10,20H,8,11H2/i8D2. The fraction of sp³-hybridized carbons (Fsp3) is 0.118. The summed E-state index contributed by atoms with van der Waals surface area (Å²) >= 11 is 6.01. The van der Waals surface area contributed by atoms with Crippen LogP contribution in [-0.2, 0) is 6.37 Å². The topological polar surface area (TPSA) is 37.9 Å². The highest BCUT2D eigenvalue weighted by atomic mass is 35.5. The Hall–Kier alpha value is -2.33. The molecule has 0 saturated carbocycles. The first-order valence-corrected chi connectivity index (χ1v) is 6.99. The molecule has 0 aliphatic rings. The number of halogens is 2. The van der Waals surface area contributed by atoms with Crippen molar-refractivity contribution in [3.63, 3.8) is 0 Å². The summed E-state index contributed by atoms with van der Waals surface area (Å²) in [6, 6.07) is 11.5. The van der Waals surface area contributed by atoms with Crippen molar-refractivity contribution in [2.75, 3.05) is 6.86 Å². The first-order chi connectivity index (χ1) is 11.5. The van der Waals surface area contributed by atoms with Crippen LogP contribution < -0.4 is 4.74 Å². The molecule has 0 aliphatic carbocycles. The molecule has 3 rings (SSSR count). The molecule has 0 radical (unpaired) electrons. The molecule has 2 aromatic heterocycles. The third-order valence-electron chi connectivity index (χ3n) is 3.04. The second kappa shape index (κ2) is 6.62. The average molecular weight is 319 g/mol. The minimum atomic E-state index is -1.80. The molecule has 0 spiro atoms. The number of hydrogen-bond donors (Lipinski definition) is 1. The number of aromatic nitrogens is 2. The van der Waals surface area contributed by atoms with Crippen LogP contribution in [0.5, 0.6) is 5.75 Å². The van der Waals surface area contributed by atoms with Crippen LogP contribution in [-0.4, -0.2) is 16.8 Å². The van der Waals surface area contributed by atoms with Crippen LogP contribution in [0.15, 0.2) is 54.9 Å². The molecule has 3 nitrogen and oxygen atoms in total. The van der Waals surface area contributed by atoms with Gasteiger partial charge in [0.05, 0.1) is 0 Å². The third kappa shape index (κ3) is 3.28. The van der Waals surface area contributed by atoms with Crippen LogP contribution in [0.25, 0.3) is 11.3 Å². The molecule has 0 amide bonds. The Kier molecular flexibility index (Phi) is 3.68. The highest BCUT2D eigenvalue weighted by Gasteiger charge is 2.11. The van der Waals surface area contributed by atoms with Crippen molar-refractivity contribution in [3.8, 4) is 17.0 Å². The van der Waals surface area contributed by atoms with Crippen LogP contribution in [0.4, 0.5) is 4.39 Å². The minimum absolute atomic E-state index is 0.197. The first kappa shape index (κ1) is 12.2. The van der Waals surface area contributed by atoms with Crippen LogP contribution >= 0.6 is 11.6 Å². The van der Waals surface area contributed by atoms with E-state index in [2.05, 4.69) is 9.97 Å². The molecule has 0 bridgehead atoms. The van der Waals surface area contributed by atoms with Crippen molar-refractivity contribution >= 4 is 11.6 Å². The van der Waals surface area contributed by atoms with Gasteiger partial charge in [-0.15, -0.1) is 0 Å². The molecular weight excluding hydrogens is 303 g/mol. The van der Waals surface area contributed by atoms with Crippen molar-refractivity contribution < 1.29 is 11.9 Å². The summed E-state index contributed by atoms with van der Waals surface area (Å²) in [7, 11) is 0. The van der Waals surface area contributed by atoms with E-state index in [4.69, 9.17) is 19.1 Å². The fourth-order valence-electron chi connectivity index (χ4n) is 2.08. The zero-order chi connectivity index (χ0) is 17.2. The summed E-state index contributed by atoms with van der Waals surface area (Å²) in [4.78, 5) is 7.22. The maximum Gasteiger partial charge on any atom is 0.228 e. The Morgan fingerprint density at radius 1 is 1.27 bits per heavy atom. The van der Waals surface area contributed by atoms with Gasteiger partial charge in [0.15, 0.2) is 0 Å². The van der Waals surface area contributed by atoms with E-state index in [1.807, 2.05) is 0 Å². The lowest BCUT2D eigenvalue weighted by atomic mass is 10.1. The SMILES string of the molecule is [2H]C([2H])(c1cc[nH]c1)c1ccc(OCF)c(-c2cccc(Cl)c2)n1. The van der Waals surface area contributed by atoms with Crippen LogP contribution in [0, 0.1) is 0 Å². The predicted molar refractivity (Wildman–Crippen MR) is 84.9 cm³/mol. The van der Waals surface area contributed by atoms with Gasteiger partial charge in [0.25, 0.3) is 0 Å². The quantitative estimate of drug-likeness (QED) is 0.745. The van der Waals surface area contributed by atoms with Crippen LogP contribution in [0.2, 0.25) is 5.02 Å². The van der Waals surface area contributed by atoms with Gasteiger partial charge in [-0.25, -0.2) is 9.37 Å². The number of alkyl halides is 1. The largest absolute Gasteiger partial charge is 0.461 e. The molecule has 112 valence electrons. The van der Waals surface area contributed by atoms with Gasteiger partial charge in [-0.1, -0.05) is 23.7 Å². The molecule has 0 aliphatic heterocycles. The number of H-pyrrole nitrogens is 1. The van der Waals surface area contributed by atoms with Gasteiger partial charge in [0.2, 0.25) is 6.86 Å². The average Bonchev–Trinajstić information content (AvgIpc) is 3.10. The van der Waals surface area contributed by atoms with Gasteiger partial charge in [-0.3, -0.25) is 0 Å². The number of pyridine rings is 1. The second-order valence-corrected chi connectivity index (χ2v) is 4.97. The summed E-state index contributed by atoms with van der Waals surface area (Å²) in [5, 5.41) is 0.500. The molecule has 0 atom stereocenters. The van der Waals surface area contributed by atoms with Gasteiger partial charge in [-0.05, 0) is 35.9 Å². The molecule has 2 heterocycles. The smallest absolute Gasteiger partial charge is 0.228 e. The number of benzene rings is 1. The highest BCUT2D eigenvalue weighted by molar-refractivity contribution is 6.30. The Morgan fingerprint density at radius 2 is 2.18 bits per heavy atom. The number of nitrogens with one attached hydrogen (secondary N) is 1.